The third-order valence-corrected chi connectivity index (χ3v) is 5.62. The van der Waals surface area contributed by atoms with Crippen molar-refractivity contribution in [3.63, 3.8) is 0 Å². The number of sulfonamides is 1. The Labute approximate surface area is 121 Å². The van der Waals surface area contributed by atoms with Crippen molar-refractivity contribution >= 4 is 10.0 Å². The number of nitrogens with one attached hydrogen (secondary N) is 2. The summed E-state index contributed by atoms with van der Waals surface area (Å²) in [6.07, 6.45) is 3.90. The lowest BCUT2D eigenvalue weighted by Gasteiger charge is -2.25. The lowest BCUT2D eigenvalue weighted by molar-refractivity contribution is 0.342. The fraction of sp³-hybridized carbons (Fsp3) is 0.714. The van der Waals surface area contributed by atoms with E-state index >= 15 is 0 Å². The van der Waals surface area contributed by atoms with Crippen molar-refractivity contribution in [2.75, 3.05) is 13.1 Å². The maximum absolute atomic E-state index is 12.7. The predicted octanol–water partition coefficient (Wildman–Crippen LogP) is 1.93. The van der Waals surface area contributed by atoms with Gasteiger partial charge >= 0.3 is 0 Å². The Balaban J connectivity index is 2.16. The second kappa shape index (κ2) is 6.28. The lowest BCUT2D eigenvalue weighted by Crippen LogP contribution is -2.38. The van der Waals surface area contributed by atoms with Crippen LogP contribution in [0.3, 0.4) is 0 Å². The van der Waals surface area contributed by atoms with E-state index in [4.69, 9.17) is 0 Å². The normalized spacial score (nSPS) is 16.2. The van der Waals surface area contributed by atoms with Gasteiger partial charge in [0.25, 0.3) is 0 Å². The number of rotatable bonds is 8. The fourth-order valence-corrected chi connectivity index (χ4v) is 3.94. The maximum atomic E-state index is 12.7. The second-order valence-electron chi connectivity index (χ2n) is 5.75. The highest BCUT2D eigenvalue weighted by atomic mass is 32.2. The van der Waals surface area contributed by atoms with Crippen molar-refractivity contribution < 1.29 is 8.42 Å². The topological polar surface area (TPSA) is 65.2 Å². The monoisotopic (exact) mass is 299 g/mol. The lowest BCUT2D eigenvalue weighted by atomic mass is 10.3. The van der Waals surface area contributed by atoms with E-state index in [2.05, 4.69) is 10.3 Å². The van der Waals surface area contributed by atoms with Gasteiger partial charge in [0.1, 0.15) is 0 Å². The predicted molar refractivity (Wildman–Crippen MR) is 79.9 cm³/mol. The Bertz CT molecular complexity index is 532. The van der Waals surface area contributed by atoms with Crippen LogP contribution in [0.5, 0.6) is 0 Å². The number of hydrogen-bond acceptors (Lipinski definition) is 3. The van der Waals surface area contributed by atoms with Crippen molar-refractivity contribution in [1.82, 2.24) is 14.6 Å². The summed E-state index contributed by atoms with van der Waals surface area (Å²) in [5.74, 6) is 0.548. The fourth-order valence-electron chi connectivity index (χ4n) is 2.21. The summed E-state index contributed by atoms with van der Waals surface area (Å²) in [5.41, 5.74) is 0.903. The van der Waals surface area contributed by atoms with E-state index in [9.17, 15) is 8.42 Å². The highest BCUT2D eigenvalue weighted by Gasteiger charge is 2.33. The molecule has 0 bridgehead atoms. The number of H-pyrrole nitrogens is 1. The molecule has 1 aromatic rings. The van der Waals surface area contributed by atoms with Crippen LogP contribution < -0.4 is 5.32 Å². The summed E-state index contributed by atoms with van der Waals surface area (Å²) in [4.78, 5) is 3.42. The third-order valence-electron chi connectivity index (χ3n) is 3.60. The van der Waals surface area contributed by atoms with Gasteiger partial charge in [0.15, 0.2) is 0 Å². The van der Waals surface area contributed by atoms with Crippen LogP contribution in [-0.4, -0.2) is 36.8 Å². The van der Waals surface area contributed by atoms with Gasteiger partial charge in [0.05, 0.1) is 4.90 Å². The summed E-state index contributed by atoms with van der Waals surface area (Å²) in [6.45, 7) is 8.07. The molecule has 0 spiro atoms. The van der Waals surface area contributed by atoms with E-state index in [1.54, 1.807) is 16.6 Å². The largest absolute Gasteiger partial charge is 0.363 e. The van der Waals surface area contributed by atoms with Crippen LogP contribution in [0.25, 0.3) is 0 Å². The van der Waals surface area contributed by atoms with E-state index in [0.717, 1.165) is 25.1 Å². The Kier molecular flexibility index (Phi) is 4.88. The molecule has 0 atom stereocenters. The van der Waals surface area contributed by atoms with E-state index in [1.807, 2.05) is 20.8 Å². The molecule has 5 nitrogen and oxygen atoms in total. The minimum absolute atomic E-state index is 0.00674. The van der Waals surface area contributed by atoms with Crippen molar-refractivity contribution in [3.8, 4) is 0 Å². The molecule has 0 aliphatic heterocycles. The molecule has 1 aliphatic rings. The van der Waals surface area contributed by atoms with Crippen LogP contribution >= 0.6 is 0 Å². The van der Waals surface area contributed by atoms with Gasteiger partial charge in [-0.2, -0.15) is 4.31 Å². The molecule has 114 valence electrons. The maximum Gasteiger partial charge on any atom is 0.244 e. The number of aromatic amines is 1. The third kappa shape index (κ3) is 3.62. The molecule has 6 heteroatoms. The van der Waals surface area contributed by atoms with Crippen LogP contribution in [0.4, 0.5) is 0 Å². The van der Waals surface area contributed by atoms with Gasteiger partial charge in [-0.25, -0.2) is 8.42 Å². The molecule has 1 fully saturated rings. The standard InChI is InChI=1S/C14H25N3O2S/c1-4-15-8-13-7-14(9-16-13)20(18,19)17(11(2)3)10-12-5-6-12/h7,9,11-12,15-16H,4-6,8,10H2,1-3H3. The number of aromatic nitrogens is 1. The first-order chi connectivity index (χ1) is 9.45. The molecule has 1 heterocycles. The Hall–Kier alpha value is -0.850. The molecule has 0 saturated heterocycles. The van der Waals surface area contributed by atoms with Crippen LogP contribution in [0.2, 0.25) is 0 Å². The van der Waals surface area contributed by atoms with Gasteiger partial charge in [-0.15, -0.1) is 0 Å². The minimum Gasteiger partial charge on any atom is -0.363 e. The van der Waals surface area contributed by atoms with Crippen LogP contribution in [-0.2, 0) is 16.6 Å². The molecule has 20 heavy (non-hydrogen) atoms. The zero-order chi connectivity index (χ0) is 14.8. The molecular formula is C14H25N3O2S. The summed E-state index contributed by atoms with van der Waals surface area (Å²) >= 11 is 0. The molecule has 0 aromatic carbocycles. The molecule has 1 saturated carbocycles. The van der Waals surface area contributed by atoms with Gasteiger partial charge < -0.3 is 10.3 Å². The highest BCUT2D eigenvalue weighted by molar-refractivity contribution is 7.89. The SMILES string of the molecule is CCNCc1cc(S(=O)(=O)N(CC2CC2)C(C)C)c[nH]1. The number of hydrogen-bond donors (Lipinski definition) is 2. The van der Waals surface area contributed by atoms with Gasteiger partial charge in [-0.1, -0.05) is 6.92 Å². The van der Waals surface area contributed by atoms with Crippen molar-refractivity contribution in [2.45, 2.75) is 51.1 Å². The summed E-state index contributed by atoms with van der Waals surface area (Å²) in [7, 11) is -3.39. The molecule has 0 unspecified atom stereocenters. The molecule has 0 amide bonds. The van der Waals surface area contributed by atoms with E-state index in [1.165, 1.54) is 0 Å². The smallest absolute Gasteiger partial charge is 0.244 e. The Morgan fingerprint density at radius 2 is 2.15 bits per heavy atom. The van der Waals surface area contributed by atoms with Crippen LogP contribution in [0, 0.1) is 5.92 Å². The quantitative estimate of drug-likeness (QED) is 0.771. The number of nitrogens with zero attached hydrogens (tertiary/aromatic N) is 1. The van der Waals surface area contributed by atoms with E-state index < -0.39 is 10.0 Å². The molecule has 1 aromatic heterocycles. The Morgan fingerprint density at radius 3 is 2.70 bits per heavy atom. The molecule has 2 N–H and O–H groups in total. The summed E-state index contributed by atoms with van der Waals surface area (Å²) < 4.78 is 27.0. The average molecular weight is 299 g/mol. The second-order valence-corrected chi connectivity index (χ2v) is 7.64. The average Bonchev–Trinajstić information content (AvgIpc) is 3.08. The molecule has 0 radical (unpaired) electrons. The van der Waals surface area contributed by atoms with Crippen LogP contribution in [0.1, 0.15) is 39.3 Å². The first kappa shape index (κ1) is 15.5. The van der Waals surface area contributed by atoms with Gasteiger partial charge in [0, 0.05) is 31.0 Å². The summed E-state index contributed by atoms with van der Waals surface area (Å²) in [6, 6.07) is 1.73. The van der Waals surface area contributed by atoms with Crippen LogP contribution in [0.15, 0.2) is 17.2 Å². The van der Waals surface area contributed by atoms with Gasteiger partial charge in [0.2, 0.25) is 10.0 Å². The van der Waals surface area contributed by atoms with Crippen molar-refractivity contribution in [2.24, 2.45) is 5.92 Å². The zero-order valence-corrected chi connectivity index (χ0v) is 13.3. The Morgan fingerprint density at radius 1 is 1.45 bits per heavy atom. The van der Waals surface area contributed by atoms with Gasteiger partial charge in [-0.3, -0.25) is 0 Å². The minimum atomic E-state index is -3.39. The summed E-state index contributed by atoms with van der Waals surface area (Å²) in [5, 5.41) is 3.18. The van der Waals surface area contributed by atoms with E-state index in [0.29, 0.717) is 23.9 Å². The van der Waals surface area contributed by atoms with Gasteiger partial charge in [-0.05, 0) is 45.2 Å². The first-order valence-corrected chi connectivity index (χ1v) is 8.79. The molecule has 2 rings (SSSR count). The van der Waals surface area contributed by atoms with Crippen molar-refractivity contribution in [3.05, 3.63) is 18.0 Å². The molecule has 1 aliphatic carbocycles. The highest BCUT2D eigenvalue weighted by Crippen LogP contribution is 2.32. The zero-order valence-electron chi connectivity index (χ0n) is 12.5. The van der Waals surface area contributed by atoms with E-state index in [-0.39, 0.29) is 6.04 Å². The first-order valence-electron chi connectivity index (χ1n) is 7.35. The van der Waals surface area contributed by atoms with Crippen molar-refractivity contribution in [1.29, 1.82) is 0 Å². The molecular weight excluding hydrogens is 274 g/mol.